The SMILES string of the molecule is CCNC(=NCc1ccccc1F)NCC(=O)N1CCCCC1.I. The first-order chi connectivity index (χ1) is 11.2. The smallest absolute Gasteiger partial charge is 0.241 e. The lowest BCUT2D eigenvalue weighted by Gasteiger charge is -2.27. The van der Waals surface area contributed by atoms with Gasteiger partial charge in [0.05, 0.1) is 13.1 Å². The van der Waals surface area contributed by atoms with E-state index < -0.39 is 0 Å². The molecular weight excluding hydrogens is 422 g/mol. The Morgan fingerprint density at radius 3 is 2.58 bits per heavy atom. The van der Waals surface area contributed by atoms with E-state index in [1.807, 2.05) is 11.8 Å². The van der Waals surface area contributed by atoms with Gasteiger partial charge in [-0.2, -0.15) is 0 Å². The van der Waals surface area contributed by atoms with Crippen molar-refractivity contribution in [1.82, 2.24) is 15.5 Å². The molecule has 2 rings (SSSR count). The molecule has 0 saturated carbocycles. The molecule has 1 fully saturated rings. The van der Waals surface area contributed by atoms with Crippen molar-refractivity contribution in [1.29, 1.82) is 0 Å². The van der Waals surface area contributed by atoms with Crippen molar-refractivity contribution in [2.75, 3.05) is 26.2 Å². The van der Waals surface area contributed by atoms with Crippen molar-refractivity contribution in [3.63, 3.8) is 0 Å². The zero-order chi connectivity index (χ0) is 16.5. The van der Waals surface area contributed by atoms with Crippen molar-refractivity contribution < 1.29 is 9.18 Å². The third-order valence-electron chi connectivity index (χ3n) is 3.83. The van der Waals surface area contributed by atoms with Crippen LogP contribution in [0.3, 0.4) is 0 Å². The highest BCUT2D eigenvalue weighted by atomic mass is 127. The van der Waals surface area contributed by atoms with Gasteiger partial charge in [0.2, 0.25) is 5.91 Å². The number of guanidine groups is 1. The van der Waals surface area contributed by atoms with Crippen LogP contribution in [0.1, 0.15) is 31.7 Å². The van der Waals surface area contributed by atoms with Gasteiger partial charge >= 0.3 is 0 Å². The molecule has 7 heteroatoms. The minimum Gasteiger partial charge on any atom is -0.357 e. The summed E-state index contributed by atoms with van der Waals surface area (Å²) in [6.07, 6.45) is 3.35. The fraction of sp³-hybridized carbons (Fsp3) is 0.529. The van der Waals surface area contributed by atoms with Crippen LogP contribution in [0.5, 0.6) is 0 Å². The Kier molecular flexibility index (Phi) is 9.66. The maximum atomic E-state index is 13.6. The summed E-state index contributed by atoms with van der Waals surface area (Å²) < 4.78 is 13.6. The van der Waals surface area contributed by atoms with E-state index in [0.717, 1.165) is 25.9 Å². The van der Waals surface area contributed by atoms with E-state index in [0.29, 0.717) is 18.1 Å². The summed E-state index contributed by atoms with van der Waals surface area (Å²) in [7, 11) is 0. The molecule has 0 aromatic heterocycles. The normalized spacial score (nSPS) is 14.8. The number of nitrogens with zero attached hydrogens (tertiary/aromatic N) is 2. The van der Waals surface area contributed by atoms with Crippen LogP contribution in [0.15, 0.2) is 29.3 Å². The summed E-state index contributed by atoms with van der Waals surface area (Å²) in [4.78, 5) is 18.4. The highest BCUT2D eigenvalue weighted by Gasteiger charge is 2.16. The number of hydrogen-bond acceptors (Lipinski definition) is 2. The van der Waals surface area contributed by atoms with Crippen LogP contribution < -0.4 is 10.6 Å². The number of carbonyl (C=O) groups excluding carboxylic acids is 1. The van der Waals surface area contributed by atoms with Crippen molar-refractivity contribution in [3.8, 4) is 0 Å². The average Bonchev–Trinajstić information content (AvgIpc) is 2.59. The summed E-state index contributed by atoms with van der Waals surface area (Å²) in [5.41, 5.74) is 0.534. The van der Waals surface area contributed by atoms with Gasteiger partial charge < -0.3 is 15.5 Å². The zero-order valence-corrected chi connectivity index (χ0v) is 16.4. The molecule has 1 saturated heterocycles. The van der Waals surface area contributed by atoms with E-state index in [1.165, 1.54) is 12.5 Å². The maximum Gasteiger partial charge on any atom is 0.241 e. The second-order valence-electron chi connectivity index (χ2n) is 5.58. The minimum atomic E-state index is -0.267. The largest absolute Gasteiger partial charge is 0.357 e. The Morgan fingerprint density at radius 2 is 1.92 bits per heavy atom. The number of likely N-dealkylation sites (tertiary alicyclic amines) is 1. The van der Waals surface area contributed by atoms with Crippen LogP contribution in [-0.2, 0) is 11.3 Å². The quantitative estimate of drug-likeness (QED) is 0.414. The minimum absolute atomic E-state index is 0. The lowest BCUT2D eigenvalue weighted by molar-refractivity contribution is -0.130. The number of benzene rings is 1. The molecule has 1 aromatic carbocycles. The molecule has 1 aromatic rings. The summed E-state index contributed by atoms with van der Waals surface area (Å²) in [5, 5.41) is 6.11. The molecule has 0 spiro atoms. The van der Waals surface area contributed by atoms with Crippen LogP contribution in [0.25, 0.3) is 0 Å². The molecule has 1 aliphatic heterocycles. The Hall–Kier alpha value is -1.38. The van der Waals surface area contributed by atoms with Gasteiger partial charge in [0.1, 0.15) is 5.82 Å². The van der Waals surface area contributed by atoms with Gasteiger partial charge in [-0.25, -0.2) is 9.38 Å². The van der Waals surface area contributed by atoms with Gasteiger partial charge in [0, 0.05) is 25.2 Å². The van der Waals surface area contributed by atoms with E-state index in [-0.39, 0.29) is 48.8 Å². The number of aliphatic imine (C=N–C) groups is 1. The highest BCUT2D eigenvalue weighted by Crippen LogP contribution is 2.08. The standard InChI is InChI=1S/C17H25FN4O.HI/c1-2-19-17(20-12-14-8-4-5-9-15(14)18)21-13-16(23)22-10-6-3-7-11-22;/h4-5,8-9H,2-3,6-7,10-13H2,1H3,(H2,19,20,21);1H. The van der Waals surface area contributed by atoms with Gasteiger partial charge in [-0.1, -0.05) is 18.2 Å². The molecule has 134 valence electrons. The molecule has 5 nitrogen and oxygen atoms in total. The van der Waals surface area contributed by atoms with Crippen molar-refractivity contribution in [3.05, 3.63) is 35.6 Å². The number of carbonyl (C=O) groups is 1. The maximum absolute atomic E-state index is 13.6. The lowest BCUT2D eigenvalue weighted by atomic mass is 10.1. The van der Waals surface area contributed by atoms with E-state index in [4.69, 9.17) is 0 Å². The van der Waals surface area contributed by atoms with Gasteiger partial charge in [-0.15, -0.1) is 24.0 Å². The third kappa shape index (κ3) is 6.62. The molecule has 2 N–H and O–H groups in total. The van der Waals surface area contributed by atoms with E-state index in [2.05, 4.69) is 15.6 Å². The van der Waals surface area contributed by atoms with Gasteiger partial charge in [-0.3, -0.25) is 4.79 Å². The third-order valence-corrected chi connectivity index (χ3v) is 3.83. The van der Waals surface area contributed by atoms with E-state index in [9.17, 15) is 9.18 Å². The van der Waals surface area contributed by atoms with Crippen LogP contribution >= 0.6 is 24.0 Å². The molecule has 1 aliphatic rings. The zero-order valence-electron chi connectivity index (χ0n) is 14.1. The van der Waals surface area contributed by atoms with Crippen LogP contribution in [0.4, 0.5) is 4.39 Å². The second kappa shape index (κ2) is 11.2. The van der Waals surface area contributed by atoms with E-state index >= 15 is 0 Å². The molecule has 1 amide bonds. The van der Waals surface area contributed by atoms with Gasteiger partial charge in [0.25, 0.3) is 0 Å². The van der Waals surface area contributed by atoms with E-state index in [1.54, 1.807) is 18.2 Å². The average molecular weight is 448 g/mol. The monoisotopic (exact) mass is 448 g/mol. The van der Waals surface area contributed by atoms with Crippen molar-refractivity contribution >= 4 is 35.8 Å². The summed E-state index contributed by atoms with van der Waals surface area (Å²) in [5.74, 6) is 0.346. The number of hydrogen-bond donors (Lipinski definition) is 2. The molecule has 1 heterocycles. The van der Waals surface area contributed by atoms with Crippen molar-refractivity contribution in [2.24, 2.45) is 4.99 Å². The molecule has 0 radical (unpaired) electrons. The highest BCUT2D eigenvalue weighted by molar-refractivity contribution is 14.0. The van der Waals surface area contributed by atoms with Crippen LogP contribution in [0.2, 0.25) is 0 Å². The Labute approximate surface area is 160 Å². The fourth-order valence-corrected chi connectivity index (χ4v) is 2.55. The fourth-order valence-electron chi connectivity index (χ4n) is 2.55. The van der Waals surface area contributed by atoms with Crippen molar-refractivity contribution in [2.45, 2.75) is 32.7 Å². The Bertz CT molecular complexity index is 547. The Balaban J connectivity index is 0.00000288. The lowest BCUT2D eigenvalue weighted by Crippen LogP contribution is -2.46. The topological polar surface area (TPSA) is 56.7 Å². The first-order valence-electron chi connectivity index (χ1n) is 8.24. The molecule has 24 heavy (non-hydrogen) atoms. The number of halogens is 2. The van der Waals surface area contributed by atoms with Gasteiger partial charge in [0.15, 0.2) is 5.96 Å². The predicted octanol–water partition coefficient (Wildman–Crippen LogP) is 2.51. The predicted molar refractivity (Wildman–Crippen MR) is 105 cm³/mol. The first-order valence-corrected chi connectivity index (χ1v) is 8.24. The molecule has 0 bridgehead atoms. The molecule has 0 aliphatic carbocycles. The number of nitrogens with one attached hydrogen (secondary N) is 2. The summed E-state index contributed by atoms with van der Waals surface area (Å²) in [6, 6.07) is 6.57. The van der Waals surface area contributed by atoms with Crippen LogP contribution in [-0.4, -0.2) is 42.9 Å². The number of piperidine rings is 1. The Morgan fingerprint density at radius 1 is 1.21 bits per heavy atom. The number of rotatable bonds is 5. The molecule has 0 atom stereocenters. The summed E-state index contributed by atoms with van der Waals surface area (Å²) >= 11 is 0. The van der Waals surface area contributed by atoms with Gasteiger partial charge in [-0.05, 0) is 32.3 Å². The molecule has 0 unspecified atom stereocenters. The first kappa shape index (κ1) is 20.7. The molecular formula is C17H26FIN4O. The number of amides is 1. The van der Waals surface area contributed by atoms with Crippen LogP contribution in [0, 0.1) is 5.82 Å². The summed E-state index contributed by atoms with van der Waals surface area (Å²) in [6.45, 7) is 4.75. The second-order valence-corrected chi connectivity index (χ2v) is 5.58.